The molecule has 3 N–H and O–H groups in total. The Morgan fingerprint density at radius 1 is 1.00 bits per heavy atom. The van der Waals surface area contributed by atoms with Crippen molar-refractivity contribution >= 4 is 51.3 Å². The van der Waals surface area contributed by atoms with Gasteiger partial charge in [0.15, 0.2) is 0 Å². The molecule has 1 aromatic heterocycles. The minimum absolute atomic E-state index is 0.190. The van der Waals surface area contributed by atoms with Crippen molar-refractivity contribution in [3.05, 3.63) is 75.6 Å². The largest absolute Gasteiger partial charge is 0.494 e. The van der Waals surface area contributed by atoms with Crippen LogP contribution in [0.15, 0.2) is 54.6 Å². The van der Waals surface area contributed by atoms with Gasteiger partial charge in [-0.05, 0) is 61.9 Å². The third-order valence-corrected chi connectivity index (χ3v) is 5.82. The first-order valence-electron chi connectivity index (χ1n) is 9.84. The summed E-state index contributed by atoms with van der Waals surface area (Å²) >= 11 is 7.18. The average Bonchev–Trinajstić information content (AvgIpc) is 3.14. The van der Waals surface area contributed by atoms with E-state index in [9.17, 15) is 14.4 Å². The summed E-state index contributed by atoms with van der Waals surface area (Å²) in [4.78, 5) is 37.5. The standard InChI is InChI=1S/C23H22ClN3O4S/c1-3-31-16-10-8-15(9-11-16)26-19(28)13-25-23(30)21-14(2)12-20(32-21)27-22(29)17-6-4-5-7-18(17)24/h4-12H,3,13H2,1-2H3,(H,25,30)(H,26,28)(H,27,29). The first kappa shape index (κ1) is 23.3. The number of aryl methyl sites for hydroxylation is 1. The molecule has 0 unspecified atom stereocenters. The molecule has 166 valence electrons. The molecule has 0 saturated heterocycles. The van der Waals surface area contributed by atoms with E-state index < -0.39 is 5.91 Å². The van der Waals surface area contributed by atoms with Gasteiger partial charge in [-0.2, -0.15) is 0 Å². The zero-order valence-corrected chi connectivity index (χ0v) is 19.1. The van der Waals surface area contributed by atoms with Crippen molar-refractivity contribution in [1.82, 2.24) is 5.32 Å². The highest BCUT2D eigenvalue weighted by molar-refractivity contribution is 7.18. The van der Waals surface area contributed by atoms with E-state index in [1.807, 2.05) is 6.92 Å². The van der Waals surface area contributed by atoms with E-state index in [0.29, 0.717) is 44.1 Å². The van der Waals surface area contributed by atoms with E-state index >= 15 is 0 Å². The molecule has 0 saturated carbocycles. The Hall–Kier alpha value is -3.36. The Balaban J connectivity index is 1.55. The minimum atomic E-state index is -0.396. The smallest absolute Gasteiger partial charge is 0.262 e. The van der Waals surface area contributed by atoms with Gasteiger partial charge in [0, 0.05) is 5.69 Å². The number of carbonyl (C=O) groups is 3. The Morgan fingerprint density at radius 2 is 1.72 bits per heavy atom. The maximum atomic E-state index is 12.5. The van der Waals surface area contributed by atoms with Crippen LogP contribution in [0.2, 0.25) is 5.02 Å². The van der Waals surface area contributed by atoms with Crippen molar-refractivity contribution in [2.24, 2.45) is 0 Å². The molecule has 0 radical (unpaired) electrons. The van der Waals surface area contributed by atoms with E-state index in [4.69, 9.17) is 16.3 Å². The van der Waals surface area contributed by atoms with Gasteiger partial charge >= 0.3 is 0 Å². The summed E-state index contributed by atoms with van der Waals surface area (Å²) in [5.41, 5.74) is 1.63. The fraction of sp³-hybridized carbons (Fsp3) is 0.174. The van der Waals surface area contributed by atoms with Gasteiger partial charge in [0.25, 0.3) is 11.8 Å². The topological polar surface area (TPSA) is 96.5 Å². The number of amides is 3. The molecule has 0 aliphatic rings. The number of hydrogen-bond donors (Lipinski definition) is 3. The van der Waals surface area contributed by atoms with E-state index in [1.165, 1.54) is 0 Å². The number of hydrogen-bond acceptors (Lipinski definition) is 5. The van der Waals surface area contributed by atoms with Gasteiger partial charge in [-0.1, -0.05) is 23.7 Å². The van der Waals surface area contributed by atoms with Crippen LogP contribution >= 0.6 is 22.9 Å². The van der Waals surface area contributed by atoms with Gasteiger partial charge in [0.1, 0.15) is 5.75 Å². The summed E-state index contributed by atoms with van der Waals surface area (Å²) < 4.78 is 5.36. The lowest BCUT2D eigenvalue weighted by molar-refractivity contribution is -0.115. The lowest BCUT2D eigenvalue weighted by Gasteiger charge is -2.08. The molecule has 0 aliphatic carbocycles. The number of halogens is 1. The van der Waals surface area contributed by atoms with Crippen LogP contribution in [0.1, 0.15) is 32.5 Å². The molecule has 7 nitrogen and oxygen atoms in total. The van der Waals surface area contributed by atoms with Gasteiger partial charge in [-0.3, -0.25) is 14.4 Å². The minimum Gasteiger partial charge on any atom is -0.494 e. The number of nitrogens with one attached hydrogen (secondary N) is 3. The normalized spacial score (nSPS) is 10.3. The van der Waals surface area contributed by atoms with Gasteiger partial charge in [-0.15, -0.1) is 11.3 Å². The van der Waals surface area contributed by atoms with Crippen molar-refractivity contribution in [1.29, 1.82) is 0 Å². The van der Waals surface area contributed by atoms with Crippen molar-refractivity contribution in [3.8, 4) is 5.75 Å². The Labute approximate surface area is 194 Å². The molecule has 3 rings (SSSR count). The van der Waals surface area contributed by atoms with Crippen LogP contribution in [0.4, 0.5) is 10.7 Å². The number of thiophene rings is 1. The van der Waals surface area contributed by atoms with Gasteiger partial charge in [0.2, 0.25) is 5.91 Å². The number of ether oxygens (including phenoxy) is 1. The summed E-state index contributed by atoms with van der Waals surface area (Å²) in [6, 6.07) is 15.4. The second-order valence-corrected chi connectivity index (χ2v) is 8.20. The molecular weight excluding hydrogens is 450 g/mol. The van der Waals surface area contributed by atoms with E-state index in [2.05, 4.69) is 16.0 Å². The van der Waals surface area contributed by atoms with E-state index in [1.54, 1.807) is 61.5 Å². The number of carbonyl (C=O) groups excluding carboxylic acids is 3. The highest BCUT2D eigenvalue weighted by Crippen LogP contribution is 2.28. The monoisotopic (exact) mass is 471 g/mol. The molecule has 2 aromatic carbocycles. The van der Waals surface area contributed by atoms with E-state index in [0.717, 1.165) is 11.3 Å². The number of rotatable bonds is 8. The second kappa shape index (κ2) is 10.8. The Kier molecular flexibility index (Phi) is 7.86. The molecular formula is C23H22ClN3O4S. The second-order valence-electron chi connectivity index (χ2n) is 6.75. The van der Waals surface area contributed by atoms with Crippen LogP contribution in [0.25, 0.3) is 0 Å². The summed E-state index contributed by atoms with van der Waals surface area (Å²) in [5.74, 6) is -0.403. The van der Waals surface area contributed by atoms with Crippen LogP contribution in [0.3, 0.4) is 0 Å². The average molecular weight is 472 g/mol. The molecule has 32 heavy (non-hydrogen) atoms. The van der Waals surface area contributed by atoms with Crippen molar-refractivity contribution in [3.63, 3.8) is 0 Å². The lowest BCUT2D eigenvalue weighted by atomic mass is 10.2. The fourth-order valence-electron chi connectivity index (χ4n) is 2.84. The van der Waals surface area contributed by atoms with Crippen molar-refractivity contribution < 1.29 is 19.1 Å². The molecule has 0 fully saturated rings. The predicted molar refractivity (Wildman–Crippen MR) is 127 cm³/mol. The molecule has 0 atom stereocenters. The Bertz CT molecular complexity index is 1130. The number of benzene rings is 2. The summed E-state index contributed by atoms with van der Waals surface area (Å²) in [6.07, 6.45) is 0. The zero-order chi connectivity index (χ0) is 23.1. The predicted octanol–water partition coefficient (Wildman–Crippen LogP) is 4.73. The van der Waals surface area contributed by atoms with Crippen LogP contribution in [-0.4, -0.2) is 30.9 Å². The lowest BCUT2D eigenvalue weighted by Crippen LogP contribution is -2.32. The highest BCUT2D eigenvalue weighted by atomic mass is 35.5. The van der Waals surface area contributed by atoms with Crippen LogP contribution in [0.5, 0.6) is 5.75 Å². The molecule has 9 heteroatoms. The molecule has 0 aliphatic heterocycles. The van der Waals surface area contributed by atoms with Crippen molar-refractivity contribution in [2.75, 3.05) is 23.8 Å². The summed E-state index contributed by atoms with van der Waals surface area (Å²) in [7, 11) is 0. The first-order chi connectivity index (χ1) is 15.4. The molecule has 0 spiro atoms. The highest BCUT2D eigenvalue weighted by Gasteiger charge is 2.17. The molecule has 0 bridgehead atoms. The maximum Gasteiger partial charge on any atom is 0.262 e. The van der Waals surface area contributed by atoms with Gasteiger partial charge < -0.3 is 20.7 Å². The van der Waals surface area contributed by atoms with Gasteiger partial charge in [-0.25, -0.2) is 0 Å². The third-order valence-electron chi connectivity index (χ3n) is 4.34. The SMILES string of the molecule is CCOc1ccc(NC(=O)CNC(=O)c2sc(NC(=O)c3ccccc3Cl)cc2C)cc1. The maximum absolute atomic E-state index is 12.5. The van der Waals surface area contributed by atoms with Crippen LogP contribution in [0, 0.1) is 6.92 Å². The molecule has 1 heterocycles. The van der Waals surface area contributed by atoms with Crippen LogP contribution in [-0.2, 0) is 4.79 Å². The Morgan fingerprint density at radius 3 is 2.41 bits per heavy atom. The molecule has 3 aromatic rings. The summed E-state index contributed by atoms with van der Waals surface area (Å²) in [5, 5.41) is 8.92. The van der Waals surface area contributed by atoms with Gasteiger partial charge in [0.05, 0.1) is 33.6 Å². The van der Waals surface area contributed by atoms with E-state index in [-0.39, 0.29) is 18.4 Å². The van der Waals surface area contributed by atoms with Crippen LogP contribution < -0.4 is 20.7 Å². The fourth-order valence-corrected chi connectivity index (χ4v) is 4.05. The zero-order valence-electron chi connectivity index (χ0n) is 17.5. The number of anilines is 2. The quantitative estimate of drug-likeness (QED) is 0.442. The van der Waals surface area contributed by atoms with Crippen molar-refractivity contribution in [2.45, 2.75) is 13.8 Å². The molecule has 3 amide bonds. The first-order valence-corrected chi connectivity index (χ1v) is 11.0. The third kappa shape index (κ3) is 6.09. The summed E-state index contributed by atoms with van der Waals surface area (Å²) in [6.45, 7) is 4.02.